The van der Waals surface area contributed by atoms with E-state index in [2.05, 4.69) is 0 Å². The summed E-state index contributed by atoms with van der Waals surface area (Å²) >= 11 is 0. The molecule has 0 aliphatic carbocycles. The van der Waals surface area contributed by atoms with Crippen molar-refractivity contribution in [1.82, 2.24) is 0 Å². The quantitative estimate of drug-likeness (QED) is 0.863. The summed E-state index contributed by atoms with van der Waals surface area (Å²) in [5.41, 5.74) is 6.14. The van der Waals surface area contributed by atoms with Crippen LogP contribution in [-0.2, 0) is 4.79 Å². The summed E-state index contributed by atoms with van der Waals surface area (Å²) in [6.07, 6.45) is 0. The molecule has 106 valence electrons. The van der Waals surface area contributed by atoms with Crippen LogP contribution >= 0.6 is 0 Å². The monoisotopic (exact) mass is 268 g/mol. The van der Waals surface area contributed by atoms with Crippen molar-refractivity contribution in [2.24, 2.45) is 5.73 Å². The number of ether oxygens (including phenoxy) is 3. The lowest BCUT2D eigenvalue weighted by atomic mass is 10.2. The van der Waals surface area contributed by atoms with E-state index in [9.17, 15) is 4.79 Å². The number of anilines is 1. The van der Waals surface area contributed by atoms with Crippen LogP contribution in [0.1, 0.15) is 6.92 Å². The fourth-order valence-electron chi connectivity index (χ4n) is 1.73. The van der Waals surface area contributed by atoms with E-state index in [0.29, 0.717) is 22.9 Å². The Bertz CT molecular complexity index is 435. The Labute approximate surface area is 113 Å². The van der Waals surface area contributed by atoms with Crippen LogP contribution in [0.15, 0.2) is 12.1 Å². The van der Waals surface area contributed by atoms with Crippen LogP contribution < -0.4 is 24.8 Å². The predicted molar refractivity (Wildman–Crippen MR) is 73.2 cm³/mol. The number of amides is 1. The van der Waals surface area contributed by atoms with E-state index in [1.165, 1.54) is 19.1 Å². The summed E-state index contributed by atoms with van der Waals surface area (Å²) in [6, 6.07) is 2.76. The lowest BCUT2D eigenvalue weighted by Crippen LogP contribution is -2.40. The Kier molecular flexibility index (Phi) is 5.00. The van der Waals surface area contributed by atoms with E-state index in [4.69, 9.17) is 19.9 Å². The van der Waals surface area contributed by atoms with Gasteiger partial charge in [0.15, 0.2) is 0 Å². The Morgan fingerprint density at radius 2 is 1.63 bits per heavy atom. The Morgan fingerprint density at radius 3 is 1.95 bits per heavy atom. The third-order valence-corrected chi connectivity index (χ3v) is 2.74. The van der Waals surface area contributed by atoms with Gasteiger partial charge in [0.1, 0.15) is 22.9 Å². The van der Waals surface area contributed by atoms with Gasteiger partial charge in [0.05, 0.1) is 27.4 Å². The second-order valence-electron chi connectivity index (χ2n) is 4.07. The fraction of sp³-hybridized carbons (Fsp3) is 0.462. The minimum atomic E-state index is -0.610. The largest absolute Gasteiger partial charge is 0.496 e. The molecule has 0 heterocycles. The maximum atomic E-state index is 12.0. The minimum Gasteiger partial charge on any atom is -0.496 e. The van der Waals surface area contributed by atoms with Gasteiger partial charge in [-0.15, -0.1) is 0 Å². The number of benzene rings is 1. The number of nitrogens with zero attached hydrogens (tertiary/aromatic N) is 1. The van der Waals surface area contributed by atoms with Crippen LogP contribution in [0.3, 0.4) is 0 Å². The summed E-state index contributed by atoms with van der Waals surface area (Å²) in [5, 5.41) is 0. The molecule has 0 fully saturated rings. The van der Waals surface area contributed by atoms with Crippen molar-refractivity contribution in [1.29, 1.82) is 0 Å². The van der Waals surface area contributed by atoms with E-state index in [1.807, 2.05) is 0 Å². The number of hydrogen-bond acceptors (Lipinski definition) is 5. The zero-order valence-corrected chi connectivity index (χ0v) is 11.9. The first-order valence-electron chi connectivity index (χ1n) is 5.79. The van der Waals surface area contributed by atoms with E-state index >= 15 is 0 Å². The Morgan fingerprint density at radius 1 is 1.16 bits per heavy atom. The van der Waals surface area contributed by atoms with E-state index < -0.39 is 6.04 Å². The molecule has 0 aromatic heterocycles. The average Bonchev–Trinajstić information content (AvgIpc) is 2.43. The summed E-state index contributed by atoms with van der Waals surface area (Å²) in [7, 11) is 6.20. The third kappa shape index (κ3) is 3.08. The average molecular weight is 268 g/mol. The summed E-state index contributed by atoms with van der Waals surface area (Å²) in [4.78, 5) is 13.4. The van der Waals surface area contributed by atoms with Gasteiger partial charge in [0.2, 0.25) is 5.91 Å². The molecule has 0 bridgehead atoms. The first-order valence-corrected chi connectivity index (χ1v) is 5.79. The lowest BCUT2D eigenvalue weighted by molar-refractivity contribution is -0.119. The highest BCUT2D eigenvalue weighted by atomic mass is 16.5. The number of carbonyl (C=O) groups is 1. The number of hydrogen-bond donors (Lipinski definition) is 1. The summed E-state index contributed by atoms with van der Waals surface area (Å²) in [5.74, 6) is 1.31. The number of rotatable bonds is 5. The van der Waals surface area contributed by atoms with Crippen LogP contribution in [0, 0.1) is 0 Å². The maximum absolute atomic E-state index is 12.0. The van der Waals surface area contributed by atoms with Crippen LogP contribution in [0.5, 0.6) is 17.2 Å². The molecule has 1 aromatic carbocycles. The second-order valence-corrected chi connectivity index (χ2v) is 4.07. The lowest BCUT2D eigenvalue weighted by Gasteiger charge is -2.24. The van der Waals surface area contributed by atoms with Crippen LogP contribution in [0.2, 0.25) is 0 Å². The van der Waals surface area contributed by atoms with Crippen molar-refractivity contribution < 1.29 is 19.0 Å². The molecule has 0 aliphatic rings. The number of carbonyl (C=O) groups excluding carboxylic acids is 1. The highest BCUT2D eigenvalue weighted by molar-refractivity contribution is 5.99. The molecule has 0 saturated heterocycles. The van der Waals surface area contributed by atoms with Gasteiger partial charge in [-0.3, -0.25) is 4.79 Å². The molecule has 1 aromatic rings. The first-order chi connectivity index (χ1) is 8.96. The van der Waals surface area contributed by atoms with E-state index in [0.717, 1.165) is 0 Å². The van der Waals surface area contributed by atoms with Crippen LogP contribution in [0.4, 0.5) is 5.69 Å². The predicted octanol–water partition coefficient (Wildman–Crippen LogP) is 1.02. The molecule has 0 aliphatic heterocycles. The molecule has 0 radical (unpaired) electrons. The molecular weight excluding hydrogens is 248 g/mol. The van der Waals surface area contributed by atoms with Gasteiger partial charge in [-0.25, -0.2) is 0 Å². The molecule has 6 heteroatoms. The third-order valence-electron chi connectivity index (χ3n) is 2.74. The zero-order valence-electron chi connectivity index (χ0n) is 11.9. The van der Waals surface area contributed by atoms with Gasteiger partial charge >= 0.3 is 0 Å². The minimum absolute atomic E-state index is 0.234. The van der Waals surface area contributed by atoms with Crippen molar-refractivity contribution in [3.63, 3.8) is 0 Å². The highest BCUT2D eigenvalue weighted by Gasteiger charge is 2.23. The Balaban J connectivity index is 3.35. The molecule has 1 rings (SSSR count). The molecule has 1 atom stereocenters. The molecule has 0 spiro atoms. The first kappa shape index (κ1) is 15.1. The van der Waals surface area contributed by atoms with E-state index in [1.54, 1.807) is 33.2 Å². The van der Waals surface area contributed by atoms with Crippen molar-refractivity contribution >= 4 is 11.6 Å². The maximum Gasteiger partial charge on any atom is 0.243 e. The van der Waals surface area contributed by atoms with Crippen molar-refractivity contribution in [2.75, 3.05) is 33.3 Å². The van der Waals surface area contributed by atoms with Gasteiger partial charge in [-0.05, 0) is 6.92 Å². The summed E-state index contributed by atoms with van der Waals surface area (Å²) < 4.78 is 15.7. The molecule has 2 N–H and O–H groups in total. The standard InChI is InChI=1S/C13H20N2O4/c1-8(14)13(16)15(2)12-10(18-4)6-9(17-3)7-11(12)19-5/h6-8H,14H2,1-5H3. The zero-order chi connectivity index (χ0) is 14.6. The van der Waals surface area contributed by atoms with Gasteiger partial charge in [-0.2, -0.15) is 0 Å². The second kappa shape index (κ2) is 6.29. The fourth-order valence-corrected chi connectivity index (χ4v) is 1.73. The number of methoxy groups -OCH3 is 3. The number of likely N-dealkylation sites (N-methyl/N-ethyl adjacent to an activating group) is 1. The van der Waals surface area contributed by atoms with Crippen molar-refractivity contribution in [3.8, 4) is 17.2 Å². The molecule has 6 nitrogen and oxygen atoms in total. The van der Waals surface area contributed by atoms with Gasteiger partial charge in [0, 0.05) is 19.2 Å². The van der Waals surface area contributed by atoms with Crippen molar-refractivity contribution in [2.45, 2.75) is 13.0 Å². The molecule has 0 saturated carbocycles. The smallest absolute Gasteiger partial charge is 0.243 e. The SMILES string of the molecule is COc1cc(OC)c(N(C)C(=O)C(C)N)c(OC)c1. The highest BCUT2D eigenvalue weighted by Crippen LogP contribution is 2.41. The van der Waals surface area contributed by atoms with Gasteiger partial charge in [0.25, 0.3) is 0 Å². The van der Waals surface area contributed by atoms with Gasteiger partial charge in [-0.1, -0.05) is 0 Å². The Hall–Kier alpha value is -1.95. The summed E-state index contributed by atoms with van der Waals surface area (Å²) in [6.45, 7) is 1.63. The normalized spacial score (nSPS) is 11.7. The molecule has 19 heavy (non-hydrogen) atoms. The van der Waals surface area contributed by atoms with Crippen LogP contribution in [0.25, 0.3) is 0 Å². The number of nitrogens with two attached hydrogens (primary N) is 1. The molecule has 1 unspecified atom stereocenters. The van der Waals surface area contributed by atoms with Crippen molar-refractivity contribution in [3.05, 3.63) is 12.1 Å². The molecule has 1 amide bonds. The van der Waals surface area contributed by atoms with Gasteiger partial charge < -0.3 is 24.8 Å². The molecular formula is C13H20N2O4. The van der Waals surface area contributed by atoms with E-state index in [-0.39, 0.29) is 5.91 Å². The van der Waals surface area contributed by atoms with Crippen LogP contribution in [-0.4, -0.2) is 40.3 Å². The topological polar surface area (TPSA) is 74.0 Å².